The number of pyridine rings is 1. The van der Waals surface area contributed by atoms with E-state index in [2.05, 4.69) is 26.2 Å². The van der Waals surface area contributed by atoms with Gasteiger partial charge in [0.25, 0.3) is 5.91 Å². The quantitative estimate of drug-likeness (QED) is 0.918. The van der Waals surface area contributed by atoms with Gasteiger partial charge < -0.3 is 5.32 Å². The lowest BCUT2D eigenvalue weighted by Gasteiger charge is -2.05. The zero-order chi connectivity index (χ0) is 12.3. The Balaban J connectivity index is 2.16. The summed E-state index contributed by atoms with van der Waals surface area (Å²) >= 11 is 9.16. The van der Waals surface area contributed by atoms with Crippen LogP contribution in [0.2, 0.25) is 5.02 Å². The molecule has 5 heteroatoms. The van der Waals surface area contributed by atoms with E-state index in [0.717, 1.165) is 4.47 Å². The molecule has 1 heterocycles. The van der Waals surface area contributed by atoms with Gasteiger partial charge in [-0.2, -0.15) is 0 Å². The van der Waals surface area contributed by atoms with Crippen LogP contribution in [-0.2, 0) is 0 Å². The van der Waals surface area contributed by atoms with Crippen LogP contribution < -0.4 is 5.32 Å². The monoisotopic (exact) mass is 310 g/mol. The third-order valence-electron chi connectivity index (χ3n) is 2.10. The zero-order valence-corrected chi connectivity index (χ0v) is 11.0. The number of hydrogen-bond acceptors (Lipinski definition) is 2. The molecule has 86 valence electrons. The van der Waals surface area contributed by atoms with Gasteiger partial charge in [0, 0.05) is 22.6 Å². The highest BCUT2D eigenvalue weighted by Gasteiger charge is 2.06. The summed E-state index contributed by atoms with van der Waals surface area (Å²) < 4.78 is 0.739. The second-order valence-electron chi connectivity index (χ2n) is 3.32. The van der Waals surface area contributed by atoms with E-state index in [1.54, 1.807) is 36.5 Å². The van der Waals surface area contributed by atoms with Crippen molar-refractivity contribution in [3.8, 4) is 0 Å². The van der Waals surface area contributed by atoms with Crippen LogP contribution in [0.15, 0.2) is 47.2 Å². The maximum atomic E-state index is 11.8. The second kappa shape index (κ2) is 5.29. The molecule has 0 aliphatic rings. The van der Waals surface area contributed by atoms with Crippen molar-refractivity contribution in [2.45, 2.75) is 0 Å². The average molecular weight is 312 g/mol. The molecule has 0 saturated carbocycles. The van der Waals surface area contributed by atoms with Crippen LogP contribution in [0, 0.1) is 0 Å². The molecule has 0 bridgehead atoms. The van der Waals surface area contributed by atoms with Gasteiger partial charge in [-0.25, -0.2) is 0 Å². The Morgan fingerprint density at radius 2 is 2.18 bits per heavy atom. The van der Waals surface area contributed by atoms with Crippen molar-refractivity contribution in [3.63, 3.8) is 0 Å². The van der Waals surface area contributed by atoms with Gasteiger partial charge in [-0.15, -0.1) is 0 Å². The smallest absolute Gasteiger partial charge is 0.257 e. The third-order valence-corrected chi connectivity index (χ3v) is 3.32. The highest BCUT2D eigenvalue weighted by molar-refractivity contribution is 9.10. The Labute approximate surface area is 112 Å². The number of anilines is 1. The lowest BCUT2D eigenvalue weighted by Crippen LogP contribution is -2.11. The first-order valence-electron chi connectivity index (χ1n) is 4.83. The topological polar surface area (TPSA) is 42.0 Å². The summed E-state index contributed by atoms with van der Waals surface area (Å²) in [5.41, 5.74) is 1.19. The molecule has 0 aliphatic heterocycles. The number of carbonyl (C=O) groups excluding carboxylic acids is 1. The van der Waals surface area contributed by atoms with Gasteiger partial charge in [-0.3, -0.25) is 9.78 Å². The molecule has 2 rings (SSSR count). The van der Waals surface area contributed by atoms with E-state index in [1.807, 2.05) is 0 Å². The van der Waals surface area contributed by atoms with Crippen LogP contribution in [-0.4, -0.2) is 10.9 Å². The number of amides is 1. The first-order chi connectivity index (χ1) is 8.16. The summed E-state index contributed by atoms with van der Waals surface area (Å²) in [7, 11) is 0. The maximum Gasteiger partial charge on any atom is 0.257 e. The lowest BCUT2D eigenvalue weighted by molar-refractivity contribution is 0.102. The van der Waals surface area contributed by atoms with Crippen LogP contribution in [0.3, 0.4) is 0 Å². The van der Waals surface area contributed by atoms with E-state index < -0.39 is 0 Å². The summed E-state index contributed by atoms with van der Waals surface area (Å²) in [6.07, 6.45) is 3.13. The van der Waals surface area contributed by atoms with Gasteiger partial charge in [-0.1, -0.05) is 11.6 Å². The minimum atomic E-state index is -0.202. The summed E-state index contributed by atoms with van der Waals surface area (Å²) in [5.74, 6) is -0.202. The standard InChI is InChI=1S/C12H8BrClN2O/c13-10-6-9(3-4-11(10)14)16-12(17)8-2-1-5-15-7-8/h1-7H,(H,16,17). The Bertz CT molecular complexity index is 545. The third kappa shape index (κ3) is 3.05. The van der Waals surface area contributed by atoms with E-state index in [9.17, 15) is 4.79 Å². The molecule has 17 heavy (non-hydrogen) atoms. The molecule has 0 saturated heterocycles. The molecule has 3 nitrogen and oxygen atoms in total. The molecule has 0 spiro atoms. The van der Waals surface area contributed by atoms with E-state index in [1.165, 1.54) is 6.20 Å². The number of halogens is 2. The highest BCUT2D eigenvalue weighted by Crippen LogP contribution is 2.25. The lowest BCUT2D eigenvalue weighted by atomic mass is 10.2. The molecule has 1 N–H and O–H groups in total. The molecular weight excluding hydrogens is 304 g/mol. The van der Waals surface area contributed by atoms with Crippen LogP contribution in [0.25, 0.3) is 0 Å². The largest absolute Gasteiger partial charge is 0.322 e. The zero-order valence-electron chi connectivity index (χ0n) is 8.65. The molecule has 2 aromatic rings. The molecule has 0 unspecified atom stereocenters. The Kier molecular flexibility index (Phi) is 3.76. The van der Waals surface area contributed by atoms with Gasteiger partial charge in [0.1, 0.15) is 0 Å². The predicted molar refractivity (Wildman–Crippen MR) is 71.3 cm³/mol. The first kappa shape index (κ1) is 12.1. The minimum absolute atomic E-state index is 0.202. The second-order valence-corrected chi connectivity index (χ2v) is 4.59. The van der Waals surface area contributed by atoms with E-state index >= 15 is 0 Å². The van der Waals surface area contributed by atoms with Gasteiger partial charge in [0.15, 0.2) is 0 Å². The van der Waals surface area contributed by atoms with Crippen LogP contribution in [0.5, 0.6) is 0 Å². The van der Waals surface area contributed by atoms with Crippen molar-refractivity contribution in [2.75, 3.05) is 5.32 Å². The minimum Gasteiger partial charge on any atom is -0.322 e. The Morgan fingerprint density at radius 1 is 1.35 bits per heavy atom. The SMILES string of the molecule is O=C(Nc1ccc(Cl)c(Br)c1)c1cccnc1. The molecule has 1 aromatic carbocycles. The predicted octanol–water partition coefficient (Wildman–Crippen LogP) is 3.75. The molecule has 0 fully saturated rings. The molecule has 0 radical (unpaired) electrons. The fourth-order valence-electron chi connectivity index (χ4n) is 1.27. The molecule has 1 amide bonds. The highest BCUT2D eigenvalue weighted by atomic mass is 79.9. The molecule has 1 aromatic heterocycles. The normalized spacial score (nSPS) is 10.0. The Hall–Kier alpha value is -1.39. The van der Waals surface area contributed by atoms with Crippen molar-refractivity contribution in [3.05, 3.63) is 57.8 Å². The Morgan fingerprint density at radius 3 is 2.82 bits per heavy atom. The molecule has 0 atom stereocenters. The van der Waals surface area contributed by atoms with Crippen molar-refractivity contribution in [2.24, 2.45) is 0 Å². The fourth-order valence-corrected chi connectivity index (χ4v) is 1.77. The number of hydrogen-bond donors (Lipinski definition) is 1. The summed E-state index contributed by atoms with van der Waals surface area (Å²) in [4.78, 5) is 15.7. The van der Waals surface area contributed by atoms with Crippen molar-refractivity contribution >= 4 is 39.1 Å². The number of rotatable bonds is 2. The summed E-state index contributed by atoms with van der Waals surface area (Å²) in [5, 5.41) is 3.36. The summed E-state index contributed by atoms with van der Waals surface area (Å²) in [6, 6.07) is 8.61. The average Bonchev–Trinajstić information content (AvgIpc) is 2.35. The van der Waals surface area contributed by atoms with Crippen LogP contribution in [0.4, 0.5) is 5.69 Å². The number of carbonyl (C=O) groups is 1. The van der Waals surface area contributed by atoms with E-state index in [-0.39, 0.29) is 5.91 Å². The number of benzene rings is 1. The van der Waals surface area contributed by atoms with Crippen molar-refractivity contribution < 1.29 is 4.79 Å². The van der Waals surface area contributed by atoms with Crippen molar-refractivity contribution in [1.29, 1.82) is 0 Å². The fraction of sp³-hybridized carbons (Fsp3) is 0. The maximum absolute atomic E-state index is 11.8. The van der Waals surface area contributed by atoms with Crippen LogP contribution >= 0.6 is 27.5 Å². The van der Waals surface area contributed by atoms with Crippen LogP contribution in [0.1, 0.15) is 10.4 Å². The number of nitrogens with zero attached hydrogens (tertiary/aromatic N) is 1. The van der Waals surface area contributed by atoms with Gasteiger partial charge in [-0.05, 0) is 46.3 Å². The number of nitrogens with one attached hydrogen (secondary N) is 1. The summed E-state index contributed by atoms with van der Waals surface area (Å²) in [6.45, 7) is 0. The molecule has 0 aliphatic carbocycles. The first-order valence-corrected chi connectivity index (χ1v) is 6.00. The van der Waals surface area contributed by atoms with Crippen molar-refractivity contribution in [1.82, 2.24) is 4.98 Å². The van der Waals surface area contributed by atoms with Gasteiger partial charge >= 0.3 is 0 Å². The van der Waals surface area contributed by atoms with Gasteiger partial charge in [0.05, 0.1) is 10.6 Å². The van der Waals surface area contributed by atoms with E-state index in [0.29, 0.717) is 16.3 Å². The van der Waals surface area contributed by atoms with Gasteiger partial charge in [0.2, 0.25) is 0 Å². The molecular formula is C12H8BrClN2O. The number of aromatic nitrogens is 1. The van der Waals surface area contributed by atoms with E-state index in [4.69, 9.17) is 11.6 Å².